The van der Waals surface area contributed by atoms with E-state index in [0.717, 1.165) is 24.3 Å². The van der Waals surface area contributed by atoms with E-state index in [2.05, 4.69) is 0 Å². The molecule has 1 radical (unpaired) electrons. The van der Waals surface area contributed by atoms with Crippen LogP contribution >= 0.6 is 0 Å². The van der Waals surface area contributed by atoms with Gasteiger partial charge in [0.1, 0.15) is 0 Å². The second kappa shape index (κ2) is 21.4. The van der Waals surface area contributed by atoms with Crippen LogP contribution in [0.2, 0.25) is 0 Å². The number of carboxylic acid groups (broad SMARTS) is 6. The predicted molar refractivity (Wildman–Crippen MR) is 141 cm³/mol. The Hall–Kier alpha value is -5.36. The van der Waals surface area contributed by atoms with Crippen LogP contribution in [0.5, 0.6) is 0 Å². The number of rotatable bonds is 10. The quantitative estimate of drug-likeness (QED) is 0.199. The Labute approximate surface area is 252 Å². The van der Waals surface area contributed by atoms with Crippen molar-refractivity contribution in [2.45, 2.75) is 12.8 Å². The van der Waals surface area contributed by atoms with Crippen molar-refractivity contribution < 1.29 is 86.1 Å². The molecule has 0 spiro atoms. The van der Waals surface area contributed by atoms with Crippen LogP contribution in [0.1, 0.15) is 75.0 Å². The van der Waals surface area contributed by atoms with Crippen LogP contribution in [0, 0.1) is 0 Å². The Morgan fingerprint density at radius 2 is 0.744 bits per heavy atom. The predicted octanol–water partition coefficient (Wildman–Crippen LogP) is 3.57. The molecular weight excluding hydrogens is 632 g/mol. The van der Waals surface area contributed by atoms with Crippen LogP contribution in [0.4, 0.5) is 0 Å². The molecule has 0 unspecified atom stereocenters. The third-order valence-electron chi connectivity index (χ3n) is 4.18. The minimum absolute atomic E-state index is 0. The molecular formula is C24H24CuN4O14-4. The van der Waals surface area contributed by atoms with Crippen LogP contribution < -0.4 is 0 Å². The fraction of sp³-hybridized carbons (Fsp3) is 0.167. The van der Waals surface area contributed by atoms with Crippen LogP contribution in [0.3, 0.4) is 0 Å². The van der Waals surface area contributed by atoms with Gasteiger partial charge in [0.25, 0.3) is 0 Å². The van der Waals surface area contributed by atoms with E-state index in [9.17, 15) is 38.4 Å². The number of amides is 2. The van der Waals surface area contributed by atoms with E-state index in [1.54, 1.807) is 0 Å². The SMILES string of the molecule is [Cu].[NH-]C(=O)c1cccc(C(=O)O)c1C(=O)O.[NH-]C(=O)c1cccc(C(=O)O)c1C(=O)O.[NH-]CCC(=O)O.[NH-]CCC(=O)O. The van der Waals surface area contributed by atoms with Gasteiger partial charge < -0.3 is 63.2 Å². The monoisotopic (exact) mass is 655 g/mol. The molecule has 19 heteroatoms. The second-order valence-corrected chi connectivity index (χ2v) is 7.12. The maximum atomic E-state index is 10.8. The largest absolute Gasteiger partial charge is 0.677 e. The Kier molecular flexibility index (Phi) is 21.0. The summed E-state index contributed by atoms with van der Waals surface area (Å²) in [6.45, 7) is -0.0370. The molecule has 0 saturated carbocycles. The van der Waals surface area contributed by atoms with Crippen molar-refractivity contribution in [3.8, 4) is 0 Å². The minimum Gasteiger partial charge on any atom is -0.677 e. The second-order valence-electron chi connectivity index (χ2n) is 7.12. The number of hydrogen-bond donors (Lipinski definition) is 6. The van der Waals surface area contributed by atoms with Gasteiger partial charge in [-0.3, -0.25) is 9.59 Å². The number of aromatic carboxylic acids is 4. The Morgan fingerprint density at radius 1 is 0.488 bits per heavy atom. The summed E-state index contributed by atoms with van der Waals surface area (Å²) in [5, 5.41) is 50.4. The number of aliphatic carboxylic acids is 2. The van der Waals surface area contributed by atoms with Crippen molar-refractivity contribution in [1.82, 2.24) is 0 Å². The number of carbonyl (C=O) groups excluding carboxylic acids is 2. The number of carboxylic acids is 6. The van der Waals surface area contributed by atoms with E-state index >= 15 is 0 Å². The Balaban J connectivity index is -0.000000537. The number of nitrogens with one attached hydrogen (secondary N) is 4. The standard InChI is InChI=1S/2C9H7NO5.2C3H6NO2.Cu/c2*10-7(11)4-2-1-3-5(8(12)13)6(4)9(14)15;2*4-2-1-3(5)6;/h2*1-3H,(H4,10,11,12,13,14,15);2*4H,1-2H2,(H,5,6);/q;;2*-1;/p-2. The molecule has 18 nitrogen and oxygen atoms in total. The summed E-state index contributed by atoms with van der Waals surface area (Å²) >= 11 is 0. The first-order chi connectivity index (χ1) is 19.4. The Bertz CT molecular complexity index is 1180. The zero-order chi connectivity index (χ0) is 33.2. The maximum Gasteiger partial charge on any atom is 0.337 e. The molecule has 2 aromatic carbocycles. The van der Waals surface area contributed by atoms with Gasteiger partial charge in [-0.25, -0.2) is 19.2 Å². The van der Waals surface area contributed by atoms with Gasteiger partial charge in [-0.05, 0) is 12.1 Å². The van der Waals surface area contributed by atoms with Gasteiger partial charge in [0.2, 0.25) is 0 Å². The van der Waals surface area contributed by atoms with Crippen LogP contribution in [-0.2, 0) is 26.7 Å². The maximum absolute atomic E-state index is 10.8. The molecule has 0 heterocycles. The molecule has 0 aromatic heterocycles. The molecule has 239 valence electrons. The molecule has 2 aromatic rings. The fourth-order valence-corrected chi connectivity index (χ4v) is 2.51. The first-order valence-corrected chi connectivity index (χ1v) is 10.9. The first-order valence-electron chi connectivity index (χ1n) is 10.9. The van der Waals surface area contributed by atoms with E-state index in [1.165, 1.54) is 12.1 Å². The summed E-state index contributed by atoms with van der Waals surface area (Å²) in [6, 6.07) is 6.78. The summed E-state index contributed by atoms with van der Waals surface area (Å²) in [4.78, 5) is 83.3. The Morgan fingerprint density at radius 3 is 0.884 bits per heavy atom. The third-order valence-corrected chi connectivity index (χ3v) is 4.18. The average molecular weight is 656 g/mol. The number of benzene rings is 2. The molecule has 0 aliphatic heterocycles. The summed E-state index contributed by atoms with van der Waals surface area (Å²) < 4.78 is 0. The normalized spacial score (nSPS) is 8.98. The van der Waals surface area contributed by atoms with Crippen molar-refractivity contribution in [1.29, 1.82) is 0 Å². The summed E-state index contributed by atoms with van der Waals surface area (Å²) in [5.74, 6) is -10.2. The van der Waals surface area contributed by atoms with Gasteiger partial charge in [-0.15, -0.1) is 13.1 Å². The topological polar surface area (TPSA) is 353 Å². The molecule has 0 fully saturated rings. The van der Waals surface area contributed by atoms with E-state index in [-0.39, 0.29) is 43.0 Å². The summed E-state index contributed by atoms with van der Waals surface area (Å²) in [7, 11) is 0. The van der Waals surface area contributed by atoms with Crippen molar-refractivity contribution in [2.75, 3.05) is 13.1 Å². The van der Waals surface area contributed by atoms with Crippen LogP contribution in [-0.4, -0.2) is 91.4 Å². The van der Waals surface area contributed by atoms with Crippen molar-refractivity contribution in [3.05, 3.63) is 92.7 Å². The molecule has 2 rings (SSSR count). The molecule has 43 heavy (non-hydrogen) atoms. The molecule has 0 aliphatic rings. The van der Waals surface area contributed by atoms with Crippen LogP contribution in [0.15, 0.2) is 36.4 Å². The molecule has 10 N–H and O–H groups in total. The minimum atomic E-state index is -1.54. The molecule has 0 atom stereocenters. The molecule has 0 saturated heterocycles. The fourth-order valence-electron chi connectivity index (χ4n) is 2.51. The van der Waals surface area contributed by atoms with Gasteiger partial charge in [0, 0.05) is 41.0 Å². The zero-order valence-corrected chi connectivity index (χ0v) is 22.5. The van der Waals surface area contributed by atoms with E-state index in [1.807, 2.05) is 0 Å². The summed E-state index contributed by atoms with van der Waals surface area (Å²) in [5.41, 5.74) is 23.1. The molecule has 0 bridgehead atoms. The van der Waals surface area contributed by atoms with Gasteiger partial charge in [0.05, 0.1) is 34.1 Å². The van der Waals surface area contributed by atoms with Gasteiger partial charge in [0.15, 0.2) is 0 Å². The first kappa shape index (κ1) is 42.1. The number of carbonyl (C=O) groups is 8. The van der Waals surface area contributed by atoms with Crippen molar-refractivity contribution >= 4 is 47.6 Å². The average Bonchev–Trinajstić information content (AvgIpc) is 2.88. The smallest absolute Gasteiger partial charge is 0.337 e. The zero-order valence-electron chi connectivity index (χ0n) is 21.5. The van der Waals surface area contributed by atoms with E-state index in [4.69, 9.17) is 53.6 Å². The summed E-state index contributed by atoms with van der Waals surface area (Å²) in [6.07, 6.45) is -0.0833. The van der Waals surface area contributed by atoms with Gasteiger partial charge in [-0.1, -0.05) is 24.3 Å². The van der Waals surface area contributed by atoms with Crippen molar-refractivity contribution in [3.63, 3.8) is 0 Å². The van der Waals surface area contributed by atoms with Crippen LogP contribution in [0.25, 0.3) is 22.9 Å². The van der Waals surface area contributed by atoms with Gasteiger partial charge >= 0.3 is 35.8 Å². The van der Waals surface area contributed by atoms with E-state index in [0.29, 0.717) is 0 Å². The van der Waals surface area contributed by atoms with Gasteiger partial charge in [-0.2, -0.15) is 0 Å². The van der Waals surface area contributed by atoms with Crippen molar-refractivity contribution in [2.24, 2.45) is 0 Å². The molecule has 0 aliphatic carbocycles. The molecule has 2 amide bonds. The van der Waals surface area contributed by atoms with E-state index < -0.39 is 81.0 Å². The third kappa shape index (κ3) is 15.9. The number of hydrogen-bond acceptors (Lipinski definition) is 8.